The average molecular weight is 331 g/mol. The van der Waals surface area contributed by atoms with Crippen molar-refractivity contribution in [3.63, 3.8) is 0 Å². The van der Waals surface area contributed by atoms with Crippen LogP contribution in [0.5, 0.6) is 0 Å². The van der Waals surface area contributed by atoms with Gasteiger partial charge in [-0.2, -0.15) is 5.10 Å². The first kappa shape index (κ1) is 14.6. The fourth-order valence-corrected chi connectivity index (χ4v) is 3.79. The number of anilines is 1. The van der Waals surface area contributed by atoms with Crippen LogP contribution in [-0.4, -0.2) is 33.3 Å². The zero-order chi connectivity index (χ0) is 15.8. The molecular weight excluding hydrogens is 312 g/mol. The summed E-state index contributed by atoms with van der Waals surface area (Å²) in [4.78, 5) is 14.3. The number of halogens is 1. The van der Waals surface area contributed by atoms with Crippen LogP contribution in [0.25, 0.3) is 0 Å². The Morgan fingerprint density at radius 2 is 2.13 bits per heavy atom. The number of nitrogens with one attached hydrogen (secondary N) is 1. The molecule has 5 nitrogen and oxygen atoms in total. The molecule has 2 bridgehead atoms. The molecule has 2 aliphatic rings. The van der Waals surface area contributed by atoms with E-state index in [1.807, 2.05) is 40.0 Å². The fraction of sp³-hybridized carbons (Fsp3) is 0.412. The van der Waals surface area contributed by atoms with Crippen LogP contribution in [0, 0.1) is 5.92 Å². The van der Waals surface area contributed by atoms with Crippen molar-refractivity contribution in [1.82, 2.24) is 14.7 Å². The van der Waals surface area contributed by atoms with Crippen molar-refractivity contribution in [3.8, 4) is 0 Å². The summed E-state index contributed by atoms with van der Waals surface area (Å²) in [5, 5.41) is 8.00. The summed E-state index contributed by atoms with van der Waals surface area (Å²) in [7, 11) is 0. The Balaban J connectivity index is 1.38. The van der Waals surface area contributed by atoms with Crippen molar-refractivity contribution in [2.75, 3.05) is 11.9 Å². The number of amides is 2. The van der Waals surface area contributed by atoms with Crippen LogP contribution < -0.4 is 5.32 Å². The highest BCUT2D eigenvalue weighted by Gasteiger charge is 2.40. The van der Waals surface area contributed by atoms with Crippen molar-refractivity contribution in [2.45, 2.75) is 31.8 Å². The molecule has 0 unspecified atom stereocenters. The lowest BCUT2D eigenvalue weighted by atomic mass is 10.1. The van der Waals surface area contributed by atoms with E-state index < -0.39 is 0 Å². The van der Waals surface area contributed by atoms with E-state index in [0.29, 0.717) is 18.5 Å². The topological polar surface area (TPSA) is 50.2 Å². The van der Waals surface area contributed by atoms with Crippen LogP contribution in [-0.2, 0) is 6.54 Å². The predicted octanol–water partition coefficient (Wildman–Crippen LogP) is 3.60. The van der Waals surface area contributed by atoms with Crippen LogP contribution in [0.4, 0.5) is 10.5 Å². The molecule has 2 heterocycles. The van der Waals surface area contributed by atoms with E-state index in [1.54, 1.807) is 6.20 Å². The maximum atomic E-state index is 12.4. The van der Waals surface area contributed by atoms with Gasteiger partial charge in [0.2, 0.25) is 0 Å². The lowest BCUT2D eigenvalue weighted by Crippen LogP contribution is -2.40. The molecule has 1 saturated heterocycles. The summed E-state index contributed by atoms with van der Waals surface area (Å²) in [6, 6.07) is 8.12. The number of rotatable bonds is 3. The minimum absolute atomic E-state index is 0.00300. The zero-order valence-electron chi connectivity index (χ0n) is 12.8. The van der Waals surface area contributed by atoms with Gasteiger partial charge in [0.15, 0.2) is 0 Å². The molecule has 1 aliphatic heterocycles. The number of aromatic nitrogens is 2. The zero-order valence-corrected chi connectivity index (χ0v) is 13.5. The van der Waals surface area contributed by atoms with Crippen LogP contribution in [0.15, 0.2) is 36.7 Å². The van der Waals surface area contributed by atoms with E-state index in [1.165, 1.54) is 12.8 Å². The number of urea groups is 1. The molecule has 2 amide bonds. The Labute approximate surface area is 140 Å². The third kappa shape index (κ3) is 3.06. The Morgan fingerprint density at radius 1 is 1.30 bits per heavy atom. The van der Waals surface area contributed by atoms with Crippen molar-refractivity contribution >= 4 is 23.3 Å². The van der Waals surface area contributed by atoms with E-state index in [-0.39, 0.29) is 6.03 Å². The average Bonchev–Trinajstić information content (AvgIpc) is 3.26. The second-order valence-electron chi connectivity index (χ2n) is 6.47. The number of benzene rings is 1. The third-order valence-corrected chi connectivity index (χ3v) is 5.06. The summed E-state index contributed by atoms with van der Waals surface area (Å²) in [6.07, 6.45) is 7.15. The first-order chi connectivity index (χ1) is 11.2. The number of hydrogen-bond acceptors (Lipinski definition) is 2. The van der Waals surface area contributed by atoms with Gasteiger partial charge in [0.1, 0.15) is 0 Å². The quantitative estimate of drug-likeness (QED) is 0.934. The van der Waals surface area contributed by atoms with E-state index >= 15 is 0 Å². The van der Waals surface area contributed by atoms with Gasteiger partial charge in [-0.15, -0.1) is 0 Å². The molecule has 1 N–H and O–H groups in total. The molecule has 120 valence electrons. The van der Waals surface area contributed by atoms with Gasteiger partial charge in [-0.1, -0.05) is 23.7 Å². The molecule has 1 aromatic heterocycles. The summed E-state index contributed by atoms with van der Waals surface area (Å²) in [5.41, 5.74) is 1.86. The Hall–Kier alpha value is -2.01. The van der Waals surface area contributed by atoms with Gasteiger partial charge >= 0.3 is 6.03 Å². The van der Waals surface area contributed by atoms with Gasteiger partial charge in [0, 0.05) is 23.8 Å². The Kier molecular flexibility index (Phi) is 3.73. The van der Waals surface area contributed by atoms with Crippen LogP contribution >= 0.6 is 11.6 Å². The maximum absolute atomic E-state index is 12.4. The Bertz CT molecular complexity index is 712. The summed E-state index contributed by atoms with van der Waals surface area (Å²) in [6.45, 7) is 1.55. The minimum Gasteiger partial charge on any atom is -0.321 e. The van der Waals surface area contributed by atoms with Crippen molar-refractivity contribution in [3.05, 3.63) is 47.2 Å². The molecule has 0 radical (unpaired) electrons. The van der Waals surface area contributed by atoms with Gasteiger partial charge in [0.25, 0.3) is 0 Å². The van der Waals surface area contributed by atoms with Gasteiger partial charge in [-0.25, -0.2) is 4.79 Å². The van der Waals surface area contributed by atoms with E-state index in [9.17, 15) is 4.79 Å². The third-order valence-electron chi connectivity index (χ3n) is 4.81. The SMILES string of the molecule is O=C(Nc1cnn(Cc2ccc(Cl)cc2)c1)N1C[C@H]2CC[C@H]1C2. The summed E-state index contributed by atoms with van der Waals surface area (Å²) in [5.74, 6) is 0.707. The molecule has 0 spiro atoms. The molecule has 2 aromatic rings. The summed E-state index contributed by atoms with van der Waals surface area (Å²) >= 11 is 5.89. The lowest BCUT2D eigenvalue weighted by molar-refractivity contribution is 0.194. The molecule has 1 saturated carbocycles. The minimum atomic E-state index is 0.00300. The predicted molar refractivity (Wildman–Crippen MR) is 89.6 cm³/mol. The molecule has 1 aromatic carbocycles. The van der Waals surface area contributed by atoms with Crippen LogP contribution in [0.1, 0.15) is 24.8 Å². The number of nitrogens with zero attached hydrogens (tertiary/aromatic N) is 3. The van der Waals surface area contributed by atoms with Gasteiger partial charge in [-0.3, -0.25) is 4.68 Å². The molecular formula is C17H19ClN4O. The second kappa shape index (κ2) is 5.89. The highest BCUT2D eigenvalue weighted by molar-refractivity contribution is 6.30. The van der Waals surface area contributed by atoms with Gasteiger partial charge in [-0.05, 0) is 42.9 Å². The molecule has 2 fully saturated rings. The first-order valence-electron chi connectivity index (χ1n) is 8.02. The van der Waals surface area contributed by atoms with Crippen molar-refractivity contribution in [1.29, 1.82) is 0 Å². The van der Waals surface area contributed by atoms with E-state index in [2.05, 4.69) is 10.4 Å². The highest BCUT2D eigenvalue weighted by Crippen LogP contribution is 2.37. The van der Waals surface area contributed by atoms with Gasteiger partial charge < -0.3 is 10.2 Å². The van der Waals surface area contributed by atoms with E-state index in [0.717, 1.165) is 29.2 Å². The first-order valence-corrected chi connectivity index (χ1v) is 8.40. The van der Waals surface area contributed by atoms with Crippen LogP contribution in [0.2, 0.25) is 5.02 Å². The number of fused-ring (bicyclic) bond motifs is 2. The number of hydrogen-bond donors (Lipinski definition) is 1. The second-order valence-corrected chi connectivity index (χ2v) is 6.90. The molecule has 23 heavy (non-hydrogen) atoms. The fourth-order valence-electron chi connectivity index (χ4n) is 3.66. The number of piperidine rings is 1. The van der Waals surface area contributed by atoms with E-state index in [4.69, 9.17) is 11.6 Å². The van der Waals surface area contributed by atoms with Crippen LogP contribution in [0.3, 0.4) is 0 Å². The maximum Gasteiger partial charge on any atom is 0.322 e. The smallest absolute Gasteiger partial charge is 0.321 e. The number of carbonyl (C=O) groups is 1. The standard InChI is InChI=1S/C17H19ClN4O/c18-14-4-1-12(2-5-14)9-21-11-15(8-19-21)20-17(23)22-10-13-3-6-16(22)7-13/h1-2,4-5,8,11,13,16H,3,6-7,9-10H2,(H,20,23)/t13-,16-/m0/s1. The molecule has 2 atom stereocenters. The number of likely N-dealkylation sites (tertiary alicyclic amines) is 1. The van der Waals surface area contributed by atoms with Crippen molar-refractivity contribution in [2.24, 2.45) is 5.92 Å². The van der Waals surface area contributed by atoms with Gasteiger partial charge in [0.05, 0.1) is 18.4 Å². The van der Waals surface area contributed by atoms with Crippen molar-refractivity contribution < 1.29 is 4.79 Å². The normalized spacial score (nSPS) is 22.6. The molecule has 1 aliphatic carbocycles. The highest BCUT2D eigenvalue weighted by atomic mass is 35.5. The lowest BCUT2D eigenvalue weighted by Gasteiger charge is -2.26. The molecule has 4 rings (SSSR count). The Morgan fingerprint density at radius 3 is 2.83 bits per heavy atom. The largest absolute Gasteiger partial charge is 0.322 e. The molecule has 6 heteroatoms. The monoisotopic (exact) mass is 330 g/mol. The summed E-state index contributed by atoms with van der Waals surface area (Å²) < 4.78 is 1.81. The number of carbonyl (C=O) groups excluding carboxylic acids is 1.